The molecule has 6 nitrogen and oxygen atoms in total. The van der Waals surface area contributed by atoms with Gasteiger partial charge in [-0.25, -0.2) is 15.0 Å². The molecule has 6 heteroatoms. The van der Waals surface area contributed by atoms with Crippen LogP contribution in [0.4, 0.5) is 0 Å². The van der Waals surface area contributed by atoms with Gasteiger partial charge in [-0.3, -0.25) is 4.79 Å². The molecule has 3 rings (SSSR count). The Hall–Kier alpha value is -2.76. The van der Waals surface area contributed by atoms with E-state index in [0.29, 0.717) is 17.2 Å². The minimum atomic E-state index is -0.955. The molecule has 0 aliphatic carbocycles. The summed E-state index contributed by atoms with van der Waals surface area (Å²) in [5.41, 5.74) is 2.96. The maximum atomic E-state index is 10.7. The van der Waals surface area contributed by atoms with Crippen LogP contribution < -0.4 is 0 Å². The highest BCUT2D eigenvalue weighted by Gasteiger charge is 2.08. The third kappa shape index (κ3) is 2.35. The van der Waals surface area contributed by atoms with Gasteiger partial charge in [0.05, 0.1) is 5.69 Å². The van der Waals surface area contributed by atoms with E-state index in [1.807, 2.05) is 18.2 Å². The first-order chi connectivity index (χ1) is 9.61. The second-order valence-electron chi connectivity index (χ2n) is 4.34. The number of aryl methyl sites for hydroxylation is 1. The van der Waals surface area contributed by atoms with Crippen LogP contribution in [0.3, 0.4) is 0 Å². The average Bonchev–Trinajstić information content (AvgIpc) is 2.77. The fourth-order valence-corrected chi connectivity index (χ4v) is 1.98. The summed E-state index contributed by atoms with van der Waals surface area (Å²) in [6.45, 7) is 1.79. The Labute approximate surface area is 114 Å². The molecule has 1 N–H and O–H groups in total. The van der Waals surface area contributed by atoms with E-state index >= 15 is 0 Å². The second-order valence-corrected chi connectivity index (χ2v) is 4.34. The minimum absolute atomic E-state index is 0.197. The summed E-state index contributed by atoms with van der Waals surface area (Å²) in [6.07, 6.45) is 1.36. The predicted octanol–water partition coefficient (Wildman–Crippen LogP) is 2.22. The fraction of sp³-hybridized carbons (Fsp3) is 0.143. The highest BCUT2D eigenvalue weighted by molar-refractivity contribution is 5.79. The molecule has 2 heterocycles. The number of benzene rings is 1. The molecule has 0 spiro atoms. The molecule has 0 radical (unpaired) electrons. The molecule has 0 saturated heterocycles. The number of hydrogen-bond acceptors (Lipinski definition) is 5. The topological polar surface area (TPSA) is 89.1 Å². The first-order valence-electron chi connectivity index (χ1n) is 6.03. The Morgan fingerprint density at radius 3 is 2.95 bits per heavy atom. The number of hydrogen-bond donors (Lipinski definition) is 1. The molecule has 100 valence electrons. The van der Waals surface area contributed by atoms with Gasteiger partial charge in [0.25, 0.3) is 0 Å². The zero-order chi connectivity index (χ0) is 14.1. The van der Waals surface area contributed by atoms with Crippen LogP contribution in [0, 0.1) is 6.92 Å². The number of carboxylic acid groups (broad SMARTS) is 1. The van der Waals surface area contributed by atoms with Gasteiger partial charge in [0.15, 0.2) is 11.5 Å². The normalized spacial score (nSPS) is 10.8. The van der Waals surface area contributed by atoms with Crippen molar-refractivity contribution in [3.63, 3.8) is 0 Å². The van der Waals surface area contributed by atoms with Crippen LogP contribution in [0.5, 0.6) is 0 Å². The lowest BCUT2D eigenvalue weighted by Gasteiger charge is -2.02. The monoisotopic (exact) mass is 269 g/mol. The molecule has 0 aliphatic rings. The van der Waals surface area contributed by atoms with E-state index < -0.39 is 5.97 Å². The second kappa shape index (κ2) is 4.73. The highest BCUT2D eigenvalue weighted by Crippen LogP contribution is 2.23. The molecule has 0 amide bonds. The van der Waals surface area contributed by atoms with E-state index in [1.165, 1.54) is 0 Å². The van der Waals surface area contributed by atoms with Gasteiger partial charge in [-0.1, -0.05) is 6.07 Å². The van der Waals surface area contributed by atoms with Crippen LogP contribution in [-0.4, -0.2) is 26.0 Å². The lowest BCUT2D eigenvalue weighted by Crippen LogP contribution is -2.05. The minimum Gasteiger partial charge on any atom is -0.481 e. The van der Waals surface area contributed by atoms with E-state index in [0.717, 1.165) is 11.1 Å². The first kappa shape index (κ1) is 12.3. The van der Waals surface area contributed by atoms with Crippen molar-refractivity contribution in [3.8, 4) is 11.3 Å². The largest absolute Gasteiger partial charge is 0.481 e. The number of oxazole rings is 1. The predicted molar refractivity (Wildman–Crippen MR) is 71.1 cm³/mol. The summed E-state index contributed by atoms with van der Waals surface area (Å²) >= 11 is 0. The summed E-state index contributed by atoms with van der Waals surface area (Å²) in [4.78, 5) is 23.1. The Kier molecular flexibility index (Phi) is 2.90. The van der Waals surface area contributed by atoms with Gasteiger partial charge in [-0.2, -0.15) is 0 Å². The molecular weight excluding hydrogens is 258 g/mol. The molecule has 0 fully saturated rings. The Balaban J connectivity index is 2.03. The molecule has 3 aromatic rings. The molecule has 0 aliphatic heterocycles. The Morgan fingerprint density at radius 2 is 2.15 bits per heavy atom. The van der Waals surface area contributed by atoms with Crippen LogP contribution in [0.2, 0.25) is 0 Å². The van der Waals surface area contributed by atoms with Crippen molar-refractivity contribution >= 4 is 17.1 Å². The molecule has 20 heavy (non-hydrogen) atoms. The number of nitrogens with zero attached hydrogens (tertiary/aromatic N) is 3. The van der Waals surface area contributed by atoms with Gasteiger partial charge in [0.1, 0.15) is 17.8 Å². The van der Waals surface area contributed by atoms with Crippen molar-refractivity contribution in [1.29, 1.82) is 0 Å². The summed E-state index contributed by atoms with van der Waals surface area (Å²) in [7, 11) is 0. The molecule has 0 atom stereocenters. The molecule has 1 aromatic carbocycles. The maximum absolute atomic E-state index is 10.7. The first-order valence-corrected chi connectivity index (χ1v) is 6.03. The smallest absolute Gasteiger partial charge is 0.311 e. The van der Waals surface area contributed by atoms with Crippen LogP contribution in [0.25, 0.3) is 22.4 Å². The molecule has 2 aromatic heterocycles. The van der Waals surface area contributed by atoms with Crippen molar-refractivity contribution in [3.05, 3.63) is 42.2 Å². The van der Waals surface area contributed by atoms with E-state index in [2.05, 4.69) is 15.0 Å². The third-order valence-corrected chi connectivity index (χ3v) is 2.81. The third-order valence-electron chi connectivity index (χ3n) is 2.81. The van der Waals surface area contributed by atoms with Gasteiger partial charge in [0.2, 0.25) is 0 Å². The van der Waals surface area contributed by atoms with Crippen LogP contribution in [-0.2, 0) is 11.2 Å². The number of fused-ring (bicyclic) bond motifs is 1. The highest BCUT2D eigenvalue weighted by atomic mass is 16.4. The van der Waals surface area contributed by atoms with Crippen LogP contribution in [0.15, 0.2) is 34.9 Å². The SMILES string of the molecule is Cc1nc2ccc(-c3ccnc(CC(=O)O)n3)cc2o1. The summed E-state index contributed by atoms with van der Waals surface area (Å²) in [5, 5.41) is 8.77. The number of carboxylic acids is 1. The van der Waals surface area contributed by atoms with Gasteiger partial charge < -0.3 is 9.52 Å². The van der Waals surface area contributed by atoms with Crippen LogP contribution >= 0.6 is 0 Å². The van der Waals surface area contributed by atoms with Crippen molar-refractivity contribution in [2.45, 2.75) is 13.3 Å². The molecule has 0 bridgehead atoms. The number of aromatic nitrogens is 3. The maximum Gasteiger partial charge on any atom is 0.311 e. The fourth-order valence-electron chi connectivity index (χ4n) is 1.98. The average molecular weight is 269 g/mol. The number of aliphatic carboxylic acids is 1. The van der Waals surface area contributed by atoms with Crippen molar-refractivity contribution in [2.24, 2.45) is 0 Å². The van der Waals surface area contributed by atoms with E-state index in [1.54, 1.807) is 19.2 Å². The summed E-state index contributed by atoms with van der Waals surface area (Å²) < 4.78 is 5.48. The van der Waals surface area contributed by atoms with E-state index in [9.17, 15) is 4.79 Å². The van der Waals surface area contributed by atoms with Crippen molar-refractivity contribution in [1.82, 2.24) is 15.0 Å². The quantitative estimate of drug-likeness (QED) is 0.784. The van der Waals surface area contributed by atoms with Crippen molar-refractivity contribution < 1.29 is 14.3 Å². The van der Waals surface area contributed by atoms with Crippen molar-refractivity contribution in [2.75, 3.05) is 0 Å². The zero-order valence-corrected chi connectivity index (χ0v) is 10.7. The van der Waals surface area contributed by atoms with Gasteiger partial charge >= 0.3 is 5.97 Å². The number of rotatable bonds is 3. The Bertz CT molecular complexity index is 795. The lowest BCUT2D eigenvalue weighted by molar-refractivity contribution is -0.136. The van der Waals surface area contributed by atoms with E-state index in [4.69, 9.17) is 9.52 Å². The standard InChI is InChI=1S/C14H11N3O3/c1-8-16-11-3-2-9(6-12(11)20-8)10-4-5-15-13(17-10)7-14(18)19/h2-6H,7H2,1H3,(H,18,19). The molecule has 0 saturated carbocycles. The van der Waals surface area contributed by atoms with Gasteiger partial charge in [-0.05, 0) is 18.2 Å². The number of carbonyl (C=O) groups is 1. The molecular formula is C14H11N3O3. The Morgan fingerprint density at radius 1 is 1.30 bits per heavy atom. The molecule has 0 unspecified atom stereocenters. The lowest BCUT2D eigenvalue weighted by atomic mass is 10.1. The summed E-state index contributed by atoms with van der Waals surface area (Å²) in [5.74, 6) is -0.0706. The van der Waals surface area contributed by atoms with Crippen LogP contribution in [0.1, 0.15) is 11.7 Å². The van der Waals surface area contributed by atoms with Gasteiger partial charge in [-0.15, -0.1) is 0 Å². The van der Waals surface area contributed by atoms with E-state index in [-0.39, 0.29) is 12.2 Å². The summed E-state index contributed by atoms with van der Waals surface area (Å²) in [6, 6.07) is 7.29. The zero-order valence-electron chi connectivity index (χ0n) is 10.7. The van der Waals surface area contributed by atoms with Gasteiger partial charge in [0, 0.05) is 18.7 Å².